The molecule has 15 rings (SSSR count). The number of aliphatic imine (C=N–C) groups is 1. The quantitative estimate of drug-likeness (QED) is 0.0381. The molecular formula is C105H127Hf2N4P2-5. The van der Waals surface area contributed by atoms with Crippen molar-refractivity contribution >= 4 is 32.8 Å². The fourth-order valence-corrected chi connectivity index (χ4v) is 21.7. The molecule has 4 saturated carbocycles. The third-order valence-corrected chi connectivity index (χ3v) is 27.2. The Hall–Kier alpha value is -7.66. The number of nitrogens with one attached hydrogen (secondary N) is 1. The number of benzene rings is 11. The van der Waals surface area contributed by atoms with Crippen LogP contribution in [0.5, 0.6) is 0 Å². The number of hydrogen-bond acceptors (Lipinski definition) is 1. The molecule has 4 aliphatic carbocycles. The van der Waals surface area contributed by atoms with Crippen molar-refractivity contribution in [3.63, 3.8) is 0 Å². The molecule has 4 aliphatic rings. The van der Waals surface area contributed by atoms with Crippen molar-refractivity contribution in [2.45, 2.75) is 198 Å². The third-order valence-electron chi connectivity index (χ3n) is 20.3. The van der Waals surface area contributed by atoms with Crippen molar-refractivity contribution in [2.24, 2.45) is 4.99 Å². The summed E-state index contributed by atoms with van der Waals surface area (Å²) in [5, 5.41) is 14.8. The molecule has 590 valence electrons. The van der Waals surface area contributed by atoms with Gasteiger partial charge in [0.25, 0.3) is 0 Å². The Morgan fingerprint density at radius 3 is 0.841 bits per heavy atom. The van der Waals surface area contributed by atoms with Gasteiger partial charge in [0.15, 0.2) is 0 Å². The molecule has 8 heteroatoms. The van der Waals surface area contributed by atoms with Crippen molar-refractivity contribution in [3.8, 4) is 0 Å². The Bertz CT molecular complexity index is 3690. The number of rotatable bonds is 14. The molecule has 0 spiro atoms. The van der Waals surface area contributed by atoms with E-state index in [0.29, 0.717) is 0 Å². The van der Waals surface area contributed by atoms with Gasteiger partial charge in [0.1, 0.15) is 5.58 Å². The first-order chi connectivity index (χ1) is 54.2. The van der Waals surface area contributed by atoms with E-state index in [1.54, 1.807) is 0 Å². The van der Waals surface area contributed by atoms with Crippen LogP contribution in [0.4, 0.5) is 11.4 Å². The predicted octanol–water partition coefficient (Wildman–Crippen LogP) is 30.8. The molecule has 11 aromatic rings. The number of aryl methyl sites for hydroxylation is 4. The summed E-state index contributed by atoms with van der Waals surface area (Å²) >= 11 is 0. The van der Waals surface area contributed by atoms with Crippen molar-refractivity contribution < 1.29 is 51.7 Å². The minimum absolute atomic E-state index is 0. The Morgan fingerprint density at radius 2 is 0.575 bits per heavy atom. The zero-order valence-electron chi connectivity index (χ0n) is 68.6. The van der Waals surface area contributed by atoms with Crippen LogP contribution in [0.15, 0.2) is 314 Å². The van der Waals surface area contributed by atoms with Crippen LogP contribution < -0.4 is 5.32 Å². The Kier molecular flexibility index (Phi) is 49.4. The van der Waals surface area contributed by atoms with Crippen LogP contribution >= 0.6 is 15.8 Å². The average molecular weight is 1860 g/mol. The van der Waals surface area contributed by atoms with Crippen LogP contribution in [0.25, 0.3) is 10.6 Å². The summed E-state index contributed by atoms with van der Waals surface area (Å²) in [4.78, 5) is 5.36. The number of amidine groups is 1. The maximum atomic E-state index is 5.49. The maximum absolute atomic E-state index is 5.49. The van der Waals surface area contributed by atoms with Gasteiger partial charge in [-0.1, -0.05) is 233 Å². The number of hydrogen-bond donors (Lipinski definition) is 1. The fourth-order valence-electron chi connectivity index (χ4n) is 14.3. The summed E-state index contributed by atoms with van der Waals surface area (Å²) in [7, 11) is -0.505. The summed E-state index contributed by atoms with van der Waals surface area (Å²) < 4.78 is 0. The molecule has 0 aromatic heterocycles. The second-order valence-electron chi connectivity index (χ2n) is 29.5. The molecule has 1 unspecified atom stereocenters. The number of para-hydroxylation sites is 2. The van der Waals surface area contributed by atoms with E-state index in [2.05, 4.69) is 179 Å². The van der Waals surface area contributed by atoms with Gasteiger partial charge in [-0.25, -0.2) is 0 Å². The van der Waals surface area contributed by atoms with E-state index in [9.17, 15) is 0 Å². The molecule has 1 atom stereocenters. The number of nitrogens with zero attached hydrogens (tertiary/aromatic N) is 3. The summed E-state index contributed by atoms with van der Waals surface area (Å²) in [5.41, 5.74) is 22.6. The van der Waals surface area contributed by atoms with Gasteiger partial charge >= 0.3 is 25.8 Å². The Labute approximate surface area is 727 Å². The minimum Gasteiger partial charge on any atom is -0.695 e. The Balaban J connectivity index is 0.000000252. The van der Waals surface area contributed by atoms with Crippen LogP contribution in [-0.2, 0) is 64.8 Å². The molecule has 0 heterocycles. The molecule has 4 fully saturated rings. The van der Waals surface area contributed by atoms with Crippen molar-refractivity contribution in [1.29, 1.82) is 0 Å². The summed E-state index contributed by atoms with van der Waals surface area (Å²) in [6.45, 7) is 36.5. The van der Waals surface area contributed by atoms with E-state index in [0.717, 1.165) is 74.7 Å². The maximum Gasteiger partial charge on any atom is 4.00 e. The standard InChI is InChI=1S/2C28H39N2P.7C7H7.2Hf/c2*1-22-13-12-14-23(2)27(22)30-28(29-21-24-15-6-3-7-16-24)31(25-17-8-4-9-18-25)26-19-10-5-11-20-26;7*1-7-5-3-2-4-6-7;;/h3,6-7,12-16,25-26H,4-5,8-11,17-21H2,1-2H3,(H,29,30);3,6-7,12-16,25-26,28H,4-5,8-11,17-21H2,1-2H3;7*2-6H,1H2;;/q;-2;7*-1;;+4. The molecule has 4 nitrogen and oxygen atoms in total. The van der Waals surface area contributed by atoms with Crippen LogP contribution in [0.3, 0.4) is 0 Å². The monoisotopic (exact) mass is 1870 g/mol. The molecule has 0 bridgehead atoms. The molecule has 1 N–H and O–H groups in total. The molecule has 0 radical (unpaired) electrons. The van der Waals surface area contributed by atoms with Gasteiger partial charge in [0, 0.05) is 31.5 Å². The third kappa shape index (κ3) is 39.5. The van der Waals surface area contributed by atoms with Gasteiger partial charge in [0.2, 0.25) is 0 Å². The topological polar surface area (TPSA) is 52.6 Å². The zero-order valence-corrected chi connectivity index (χ0v) is 77.5. The SMILES string of the molecule is Cc1cccc(C)c1NC(=NCc1ccccc1)P(C1CCCCC1)C1CCCCC1.Cc1cccc(C)c1[N-]C([N-]Cc1ccccc1)P(C1CCCCC1)C1CCCCC1.[CH2-]c1ccccc1.[CH2-]c1ccccc1.[CH2-]c1ccccc1.[CH2-]c1ccccc1.[CH2-]c1ccccc1.[CH2-]c1ccccc1.[CH2-]c1ccccc1.[Hf+4].[Hf]. The van der Waals surface area contributed by atoms with Gasteiger partial charge in [-0.15, -0.1) is 105 Å². The minimum atomic E-state index is -0.266. The molecule has 0 saturated heterocycles. The van der Waals surface area contributed by atoms with E-state index in [1.165, 1.54) is 179 Å². The number of anilines is 1. The molecule has 0 amide bonds. The Morgan fingerprint density at radius 1 is 0.327 bits per heavy atom. The molecular weight excluding hydrogens is 1740 g/mol. The van der Waals surface area contributed by atoms with Gasteiger partial charge in [0.05, 0.1) is 6.54 Å². The average Bonchev–Trinajstić information content (AvgIpc) is 0.813. The summed E-state index contributed by atoms with van der Waals surface area (Å²) in [6.07, 6.45) is 28.2. The largest absolute Gasteiger partial charge is 4.00 e. The summed E-state index contributed by atoms with van der Waals surface area (Å²) in [5.74, 6) is 0.140. The van der Waals surface area contributed by atoms with Crippen molar-refractivity contribution in [2.75, 3.05) is 5.32 Å². The first-order valence-electron chi connectivity index (χ1n) is 40.7. The summed E-state index contributed by atoms with van der Waals surface area (Å²) in [6, 6.07) is 104. The van der Waals surface area contributed by atoms with E-state index in [-0.39, 0.29) is 73.4 Å². The van der Waals surface area contributed by atoms with Gasteiger partial charge < -0.3 is 16.0 Å². The van der Waals surface area contributed by atoms with Crippen LogP contribution in [-0.4, -0.2) is 34.1 Å². The van der Waals surface area contributed by atoms with E-state index >= 15 is 0 Å². The van der Waals surface area contributed by atoms with Gasteiger partial charge in [-0.2, -0.15) is 178 Å². The van der Waals surface area contributed by atoms with Crippen molar-refractivity contribution in [3.05, 3.63) is 441 Å². The first-order valence-corrected chi connectivity index (χ1v) is 43.8. The van der Waals surface area contributed by atoms with E-state index < -0.39 is 0 Å². The fraction of sp³-hybridized carbons (Fsp3) is 0.295. The second-order valence-corrected chi connectivity index (χ2v) is 35.0. The molecule has 113 heavy (non-hydrogen) atoms. The molecule has 11 aromatic carbocycles. The van der Waals surface area contributed by atoms with Crippen molar-refractivity contribution in [1.82, 2.24) is 0 Å². The van der Waals surface area contributed by atoms with Gasteiger partial charge in [-0.05, 0) is 126 Å². The predicted molar refractivity (Wildman–Crippen MR) is 491 cm³/mol. The molecule has 0 aliphatic heterocycles. The second kappa shape index (κ2) is 58.2. The zero-order chi connectivity index (χ0) is 78.7. The normalized spacial score (nSPS) is 14.3. The van der Waals surface area contributed by atoms with Crippen LogP contribution in [0.1, 0.15) is 201 Å². The van der Waals surface area contributed by atoms with E-state index in [1.807, 2.05) is 212 Å². The van der Waals surface area contributed by atoms with Crippen LogP contribution in [0, 0.1) is 76.2 Å². The van der Waals surface area contributed by atoms with Crippen LogP contribution in [0.2, 0.25) is 0 Å². The van der Waals surface area contributed by atoms with Gasteiger partial charge in [-0.3, -0.25) is 4.99 Å². The first kappa shape index (κ1) is 95.9. The van der Waals surface area contributed by atoms with E-state index in [4.69, 9.17) is 15.6 Å². The smallest absolute Gasteiger partial charge is 0.695 e.